The van der Waals surface area contributed by atoms with Crippen LogP contribution in [-0.4, -0.2) is 98.8 Å². The highest BCUT2D eigenvalue weighted by molar-refractivity contribution is 5.48. The van der Waals surface area contributed by atoms with E-state index in [1.54, 1.807) is 6.92 Å². The molecule has 5 aliphatic carbocycles. The first-order valence-electron chi connectivity index (χ1n) is 17.4. The molecule has 4 spiro atoms. The zero-order chi connectivity index (χ0) is 32.0. The molecule has 5 N–H and O–H groups in total. The van der Waals surface area contributed by atoms with Crippen molar-refractivity contribution in [1.29, 1.82) is 0 Å². The van der Waals surface area contributed by atoms with Crippen molar-refractivity contribution in [2.45, 2.75) is 147 Å². The number of rotatable bonds is 2. The van der Waals surface area contributed by atoms with Crippen molar-refractivity contribution in [2.24, 2.45) is 44.8 Å². The predicted molar refractivity (Wildman–Crippen MR) is 158 cm³/mol. The van der Waals surface area contributed by atoms with Gasteiger partial charge in [0, 0.05) is 17.8 Å². The van der Waals surface area contributed by atoms with Gasteiger partial charge in [-0.25, -0.2) is 0 Å². The van der Waals surface area contributed by atoms with Gasteiger partial charge in [-0.15, -0.1) is 0 Å². The van der Waals surface area contributed by atoms with Crippen LogP contribution in [0.4, 0.5) is 0 Å². The highest BCUT2D eigenvalue weighted by Gasteiger charge is 2.89. The first-order valence-corrected chi connectivity index (χ1v) is 17.4. The fourth-order valence-corrected chi connectivity index (χ4v) is 13.7. The van der Waals surface area contributed by atoms with Gasteiger partial charge in [-0.1, -0.05) is 46.3 Å². The molecular formula is C35H52O10. The van der Waals surface area contributed by atoms with Gasteiger partial charge in [0.1, 0.15) is 36.1 Å². The first kappa shape index (κ1) is 30.4. The van der Waals surface area contributed by atoms with Crippen LogP contribution in [0.15, 0.2) is 11.6 Å². The van der Waals surface area contributed by atoms with E-state index in [1.807, 2.05) is 0 Å². The van der Waals surface area contributed by atoms with Crippen LogP contribution < -0.4 is 0 Å². The fourth-order valence-electron chi connectivity index (χ4n) is 13.7. The molecule has 4 heterocycles. The second kappa shape index (κ2) is 8.55. The van der Waals surface area contributed by atoms with Gasteiger partial charge >= 0.3 is 0 Å². The van der Waals surface area contributed by atoms with Crippen LogP contribution in [0, 0.1) is 44.8 Å². The van der Waals surface area contributed by atoms with Gasteiger partial charge in [-0.05, 0) is 78.9 Å². The van der Waals surface area contributed by atoms with Crippen LogP contribution in [0.1, 0.15) is 86.5 Å². The molecule has 10 nitrogen and oxygen atoms in total. The Morgan fingerprint density at radius 1 is 0.978 bits per heavy atom. The smallest absolute Gasteiger partial charge is 0.202 e. The molecule has 17 atom stereocenters. The summed E-state index contributed by atoms with van der Waals surface area (Å²) in [5, 5.41) is 54.8. The molecule has 4 aliphatic heterocycles. The molecular weight excluding hydrogens is 580 g/mol. The van der Waals surface area contributed by atoms with E-state index in [4.69, 9.17) is 23.7 Å². The summed E-state index contributed by atoms with van der Waals surface area (Å²) in [6.07, 6.45) is 2.46. The Kier molecular flexibility index (Phi) is 5.77. The van der Waals surface area contributed by atoms with Crippen molar-refractivity contribution < 1.29 is 49.2 Å². The lowest BCUT2D eigenvalue weighted by atomic mass is 9.44. The molecule has 4 saturated heterocycles. The average Bonchev–Trinajstić information content (AvgIpc) is 3.42. The predicted octanol–water partition coefficient (Wildman–Crippen LogP) is 2.38. The van der Waals surface area contributed by atoms with Crippen molar-refractivity contribution in [3.8, 4) is 0 Å². The molecule has 4 saturated carbocycles. The van der Waals surface area contributed by atoms with Gasteiger partial charge < -0.3 is 49.2 Å². The van der Waals surface area contributed by atoms with Crippen molar-refractivity contribution in [2.75, 3.05) is 13.2 Å². The summed E-state index contributed by atoms with van der Waals surface area (Å²) in [5.41, 5.74) is -0.760. The molecule has 252 valence electrons. The summed E-state index contributed by atoms with van der Waals surface area (Å²) >= 11 is 0. The zero-order valence-electron chi connectivity index (χ0n) is 27.5. The number of ether oxygens (including phenoxy) is 5. The molecule has 2 unspecified atom stereocenters. The maximum Gasteiger partial charge on any atom is 0.202 e. The summed E-state index contributed by atoms with van der Waals surface area (Å²) in [6, 6.07) is 0. The largest absolute Gasteiger partial charge is 0.388 e. The van der Waals surface area contributed by atoms with Crippen LogP contribution >= 0.6 is 0 Å². The molecule has 9 rings (SSSR count). The molecule has 2 bridgehead atoms. The number of hydrogen-bond acceptors (Lipinski definition) is 10. The maximum atomic E-state index is 12.7. The van der Waals surface area contributed by atoms with Gasteiger partial charge in [0.05, 0.1) is 19.3 Å². The monoisotopic (exact) mass is 632 g/mol. The molecule has 45 heavy (non-hydrogen) atoms. The SMILES string of the molecule is C[C@@H]1CC23OCC(C)(O)[C@H]2O[C@@]2(O3)[C@H]1[C@@]1(C)CC[C@@]34C[C@@]35CC[C@H](O[C@@H]3OC[C@@H](O)[C@H](O)[C@H]3O)C(C)(C)[C@@H]5CC=C4[C@]1(C)[C@H]2O. The van der Waals surface area contributed by atoms with E-state index in [9.17, 15) is 25.5 Å². The van der Waals surface area contributed by atoms with Crippen molar-refractivity contribution in [1.82, 2.24) is 0 Å². The Bertz CT molecular complexity index is 1350. The zero-order valence-corrected chi connectivity index (χ0v) is 27.5. The molecule has 10 heteroatoms. The van der Waals surface area contributed by atoms with Gasteiger partial charge in [0.2, 0.25) is 11.6 Å². The van der Waals surface area contributed by atoms with E-state index < -0.39 is 59.4 Å². The molecule has 9 aliphatic rings. The Morgan fingerprint density at radius 2 is 1.73 bits per heavy atom. The van der Waals surface area contributed by atoms with Crippen LogP contribution in [0.2, 0.25) is 0 Å². The van der Waals surface area contributed by atoms with Gasteiger partial charge in [-0.2, -0.15) is 0 Å². The lowest BCUT2D eigenvalue weighted by Crippen LogP contribution is -2.58. The van der Waals surface area contributed by atoms with Crippen molar-refractivity contribution in [3.05, 3.63) is 11.6 Å². The Hall–Kier alpha value is -0.660. The van der Waals surface area contributed by atoms with E-state index in [0.29, 0.717) is 12.3 Å². The number of fused-ring (bicyclic) bond motifs is 3. The van der Waals surface area contributed by atoms with Crippen LogP contribution in [-0.2, 0) is 23.7 Å². The van der Waals surface area contributed by atoms with Crippen LogP contribution in [0.3, 0.4) is 0 Å². The van der Waals surface area contributed by atoms with Gasteiger partial charge in [0.25, 0.3) is 0 Å². The van der Waals surface area contributed by atoms with E-state index in [-0.39, 0.29) is 52.8 Å². The molecule has 0 radical (unpaired) electrons. The minimum Gasteiger partial charge on any atom is -0.388 e. The molecule has 0 aromatic carbocycles. The number of allylic oxidation sites excluding steroid dienone is 1. The molecule has 0 aromatic rings. The van der Waals surface area contributed by atoms with Gasteiger partial charge in [-0.3, -0.25) is 0 Å². The minimum absolute atomic E-state index is 0.00389. The second-order valence-corrected chi connectivity index (χ2v) is 18.0. The summed E-state index contributed by atoms with van der Waals surface area (Å²) in [5.74, 6) is -1.77. The first-order chi connectivity index (χ1) is 21.0. The van der Waals surface area contributed by atoms with E-state index in [2.05, 4.69) is 40.7 Å². The fraction of sp³-hybridized carbons (Fsp3) is 0.943. The summed E-state index contributed by atoms with van der Waals surface area (Å²) in [6.45, 7) is 13.3. The van der Waals surface area contributed by atoms with Crippen LogP contribution in [0.5, 0.6) is 0 Å². The van der Waals surface area contributed by atoms with E-state index in [1.165, 1.54) is 5.57 Å². The molecule has 8 fully saturated rings. The average molecular weight is 633 g/mol. The third-order valence-corrected chi connectivity index (χ3v) is 15.8. The van der Waals surface area contributed by atoms with Crippen molar-refractivity contribution >= 4 is 0 Å². The number of aliphatic hydroxyl groups excluding tert-OH is 4. The minimum atomic E-state index is -1.30. The lowest BCUT2D eigenvalue weighted by molar-refractivity contribution is -0.341. The van der Waals surface area contributed by atoms with E-state index >= 15 is 0 Å². The number of hydrogen-bond donors (Lipinski definition) is 5. The third kappa shape index (κ3) is 3.15. The highest BCUT2D eigenvalue weighted by Crippen LogP contribution is 2.89. The number of aliphatic hydroxyl groups is 5. The Morgan fingerprint density at radius 3 is 2.49 bits per heavy atom. The maximum absolute atomic E-state index is 12.7. The standard InChI is InChI=1S/C35H52O10/c1-17-13-34-27(30(5,40)16-42-34)44-35(45-34)24(17)29(4)11-12-33-15-32(33)10-9-21(43-25-23(38)22(37)18(36)14-41-25)28(2,3)19(32)7-8-20(33)31(29,6)26(35)39/h8,17-19,21-27,36-40H,7,9-16H2,1-6H3/t17-,18-,19+,21+,22+,23-,24-,25+,26-,27-,29-,30?,31-,32-,33+,34?,35-/m1/s1. The quantitative estimate of drug-likeness (QED) is 0.288. The van der Waals surface area contributed by atoms with Crippen LogP contribution in [0.25, 0.3) is 0 Å². The summed E-state index contributed by atoms with van der Waals surface area (Å²) in [7, 11) is 0. The molecule has 0 aromatic heterocycles. The van der Waals surface area contributed by atoms with Gasteiger partial charge in [0.15, 0.2) is 6.29 Å². The van der Waals surface area contributed by atoms with Crippen molar-refractivity contribution in [3.63, 3.8) is 0 Å². The summed E-state index contributed by atoms with van der Waals surface area (Å²) in [4.78, 5) is 0. The highest BCUT2D eigenvalue weighted by atomic mass is 16.9. The lowest BCUT2D eigenvalue weighted by Gasteiger charge is -2.60. The topological polar surface area (TPSA) is 147 Å². The normalized spacial score (nSPS) is 65.1. The van der Waals surface area contributed by atoms with E-state index in [0.717, 1.165) is 38.5 Å². The second-order valence-electron chi connectivity index (χ2n) is 18.0. The third-order valence-electron chi connectivity index (χ3n) is 15.8. The molecule has 0 amide bonds. The Labute approximate surface area is 265 Å². The Balaban J connectivity index is 1.06. The summed E-state index contributed by atoms with van der Waals surface area (Å²) < 4.78 is 32.0.